The Morgan fingerprint density at radius 3 is 2.46 bits per heavy atom. The Hall–Kier alpha value is -0.480. The normalized spacial score (nSPS) is 11.8. The van der Waals surface area contributed by atoms with Gasteiger partial charge in [0.1, 0.15) is 10.4 Å². The Labute approximate surface area is 86.9 Å². The van der Waals surface area contributed by atoms with Crippen LogP contribution in [0.2, 0.25) is 0 Å². The van der Waals surface area contributed by atoms with Crippen LogP contribution < -0.4 is 5.73 Å². The second-order valence-electron chi connectivity index (χ2n) is 3.96. The Balaban J connectivity index is 3.10. The van der Waals surface area contributed by atoms with E-state index < -0.39 is 0 Å². The molecule has 1 rings (SSSR count). The third kappa shape index (κ3) is 2.48. The zero-order valence-electron chi connectivity index (χ0n) is 8.13. The minimum absolute atomic E-state index is 0.0182. The molecular formula is C9H14BrN3. The Morgan fingerprint density at radius 1 is 1.46 bits per heavy atom. The van der Waals surface area contributed by atoms with Crippen LogP contribution in [-0.2, 0) is 12.0 Å². The summed E-state index contributed by atoms with van der Waals surface area (Å²) in [6.45, 7) is 6.70. The SMILES string of the molecule is CC(C)(C)c1ncc(CN)c(Br)n1. The van der Waals surface area contributed by atoms with Gasteiger partial charge in [0.05, 0.1) is 0 Å². The molecule has 0 aromatic carbocycles. The molecule has 0 aliphatic heterocycles. The summed E-state index contributed by atoms with van der Waals surface area (Å²) in [4.78, 5) is 8.60. The Kier molecular flexibility index (Phi) is 3.03. The fourth-order valence-corrected chi connectivity index (χ4v) is 1.32. The maximum Gasteiger partial charge on any atom is 0.134 e. The summed E-state index contributed by atoms with van der Waals surface area (Å²) in [7, 11) is 0. The van der Waals surface area contributed by atoms with Gasteiger partial charge >= 0.3 is 0 Å². The summed E-state index contributed by atoms with van der Waals surface area (Å²) in [6.07, 6.45) is 1.78. The molecule has 0 aliphatic carbocycles. The lowest BCUT2D eigenvalue weighted by Crippen LogP contribution is -2.17. The Bertz CT molecular complexity index is 304. The smallest absolute Gasteiger partial charge is 0.134 e. The topological polar surface area (TPSA) is 51.8 Å². The summed E-state index contributed by atoms with van der Waals surface area (Å²) in [5.74, 6) is 0.830. The van der Waals surface area contributed by atoms with Crippen molar-refractivity contribution in [2.24, 2.45) is 5.73 Å². The molecule has 2 N–H and O–H groups in total. The van der Waals surface area contributed by atoms with E-state index in [-0.39, 0.29) is 5.41 Å². The summed E-state index contributed by atoms with van der Waals surface area (Å²) in [5, 5.41) is 0. The molecule has 1 aromatic heterocycles. The van der Waals surface area contributed by atoms with Crippen molar-refractivity contribution in [3.8, 4) is 0 Å². The lowest BCUT2D eigenvalue weighted by atomic mass is 9.96. The summed E-state index contributed by atoms with van der Waals surface area (Å²) in [5.41, 5.74) is 6.42. The van der Waals surface area contributed by atoms with Crippen LogP contribution in [0.5, 0.6) is 0 Å². The third-order valence-corrected chi connectivity index (χ3v) is 2.39. The number of aromatic nitrogens is 2. The first-order valence-electron chi connectivity index (χ1n) is 4.17. The summed E-state index contributed by atoms with van der Waals surface area (Å²) in [6, 6.07) is 0. The average molecular weight is 244 g/mol. The van der Waals surface area contributed by atoms with Crippen molar-refractivity contribution in [1.82, 2.24) is 9.97 Å². The van der Waals surface area contributed by atoms with Gasteiger partial charge in [-0.1, -0.05) is 20.8 Å². The van der Waals surface area contributed by atoms with Gasteiger partial charge in [-0.05, 0) is 15.9 Å². The molecule has 1 heterocycles. The van der Waals surface area contributed by atoms with Gasteiger partial charge in [-0.2, -0.15) is 0 Å². The van der Waals surface area contributed by atoms with Crippen molar-refractivity contribution in [1.29, 1.82) is 0 Å². The summed E-state index contributed by atoms with van der Waals surface area (Å²) >= 11 is 3.37. The standard InChI is InChI=1S/C9H14BrN3/c1-9(2,3)8-12-5-6(4-11)7(10)13-8/h5H,4,11H2,1-3H3. The molecule has 3 nitrogen and oxygen atoms in total. The number of nitrogens with two attached hydrogens (primary N) is 1. The van der Waals surface area contributed by atoms with Gasteiger partial charge < -0.3 is 5.73 Å². The van der Waals surface area contributed by atoms with E-state index in [1.165, 1.54) is 0 Å². The van der Waals surface area contributed by atoms with E-state index in [4.69, 9.17) is 5.73 Å². The highest BCUT2D eigenvalue weighted by Crippen LogP contribution is 2.21. The first-order chi connectivity index (χ1) is 5.95. The van der Waals surface area contributed by atoms with Crippen LogP contribution in [0, 0.1) is 0 Å². The van der Waals surface area contributed by atoms with Crippen molar-refractivity contribution in [3.05, 3.63) is 22.2 Å². The maximum absolute atomic E-state index is 5.50. The van der Waals surface area contributed by atoms with Gasteiger partial charge in [0, 0.05) is 23.7 Å². The first-order valence-corrected chi connectivity index (χ1v) is 4.96. The zero-order chi connectivity index (χ0) is 10.1. The van der Waals surface area contributed by atoms with E-state index >= 15 is 0 Å². The van der Waals surface area contributed by atoms with E-state index in [0.29, 0.717) is 6.54 Å². The predicted octanol–water partition coefficient (Wildman–Crippen LogP) is 2.00. The molecule has 0 amide bonds. The monoisotopic (exact) mass is 243 g/mol. The number of halogens is 1. The molecule has 0 spiro atoms. The van der Waals surface area contributed by atoms with Gasteiger partial charge in [0.15, 0.2) is 0 Å². The van der Waals surface area contributed by atoms with Crippen LogP contribution >= 0.6 is 15.9 Å². The highest BCUT2D eigenvalue weighted by Gasteiger charge is 2.17. The lowest BCUT2D eigenvalue weighted by molar-refractivity contribution is 0.542. The molecule has 0 saturated carbocycles. The minimum Gasteiger partial charge on any atom is -0.326 e. The molecule has 72 valence electrons. The molecule has 0 aliphatic rings. The van der Waals surface area contributed by atoms with Crippen LogP contribution in [0.25, 0.3) is 0 Å². The van der Waals surface area contributed by atoms with Crippen molar-refractivity contribution in [2.75, 3.05) is 0 Å². The molecule has 4 heteroatoms. The van der Waals surface area contributed by atoms with Crippen molar-refractivity contribution >= 4 is 15.9 Å². The number of nitrogens with zero attached hydrogens (tertiary/aromatic N) is 2. The van der Waals surface area contributed by atoms with Crippen LogP contribution in [-0.4, -0.2) is 9.97 Å². The van der Waals surface area contributed by atoms with E-state index in [1.807, 2.05) is 0 Å². The molecule has 0 atom stereocenters. The van der Waals surface area contributed by atoms with Crippen LogP contribution in [0.15, 0.2) is 10.8 Å². The predicted molar refractivity (Wildman–Crippen MR) is 56.3 cm³/mol. The van der Waals surface area contributed by atoms with Crippen molar-refractivity contribution in [3.63, 3.8) is 0 Å². The van der Waals surface area contributed by atoms with Gasteiger partial charge in [0.25, 0.3) is 0 Å². The van der Waals surface area contributed by atoms with Crippen LogP contribution in [0.4, 0.5) is 0 Å². The quantitative estimate of drug-likeness (QED) is 0.768. The van der Waals surface area contributed by atoms with Gasteiger partial charge in [0.2, 0.25) is 0 Å². The van der Waals surface area contributed by atoms with Crippen molar-refractivity contribution in [2.45, 2.75) is 32.7 Å². The van der Waals surface area contributed by atoms with E-state index in [9.17, 15) is 0 Å². The fourth-order valence-electron chi connectivity index (χ4n) is 0.884. The largest absolute Gasteiger partial charge is 0.326 e. The number of rotatable bonds is 1. The van der Waals surface area contributed by atoms with Gasteiger partial charge in [-0.15, -0.1) is 0 Å². The molecule has 0 radical (unpaired) electrons. The molecular weight excluding hydrogens is 230 g/mol. The highest BCUT2D eigenvalue weighted by atomic mass is 79.9. The summed E-state index contributed by atoms with van der Waals surface area (Å²) < 4.78 is 0.801. The van der Waals surface area contributed by atoms with Crippen molar-refractivity contribution < 1.29 is 0 Å². The second kappa shape index (κ2) is 3.72. The number of hydrogen-bond donors (Lipinski definition) is 1. The molecule has 0 bridgehead atoms. The average Bonchev–Trinajstić information content (AvgIpc) is 2.02. The molecule has 0 fully saturated rings. The van der Waals surface area contributed by atoms with Gasteiger partial charge in [-0.3, -0.25) is 0 Å². The molecule has 13 heavy (non-hydrogen) atoms. The maximum atomic E-state index is 5.50. The third-order valence-electron chi connectivity index (χ3n) is 1.70. The molecule has 0 saturated heterocycles. The number of hydrogen-bond acceptors (Lipinski definition) is 3. The van der Waals surface area contributed by atoms with Crippen LogP contribution in [0.3, 0.4) is 0 Å². The molecule has 1 aromatic rings. The second-order valence-corrected chi connectivity index (χ2v) is 4.71. The highest BCUT2D eigenvalue weighted by molar-refractivity contribution is 9.10. The fraction of sp³-hybridized carbons (Fsp3) is 0.556. The van der Waals surface area contributed by atoms with Crippen LogP contribution in [0.1, 0.15) is 32.2 Å². The molecule has 0 unspecified atom stereocenters. The zero-order valence-corrected chi connectivity index (χ0v) is 9.72. The van der Waals surface area contributed by atoms with E-state index in [0.717, 1.165) is 16.0 Å². The minimum atomic E-state index is -0.0182. The van der Waals surface area contributed by atoms with Gasteiger partial charge in [-0.25, -0.2) is 9.97 Å². The Morgan fingerprint density at radius 2 is 2.08 bits per heavy atom. The first kappa shape index (κ1) is 10.6. The van der Waals surface area contributed by atoms with E-state index in [2.05, 4.69) is 46.7 Å². The lowest BCUT2D eigenvalue weighted by Gasteiger charge is -2.16. The van der Waals surface area contributed by atoms with E-state index in [1.54, 1.807) is 6.20 Å².